The number of aryl methyl sites for hydroxylation is 2. The standard InChI is InChI=1S/C17H17N3O2S/c1-11-13-15(18-10-20(3)16(13)21)23-14(11)17(22)19(2)9-12-7-5-4-6-8-12/h4-8,10H,9H2,1-3H3. The van der Waals surface area contributed by atoms with Crippen LogP contribution in [-0.2, 0) is 13.6 Å². The predicted molar refractivity (Wildman–Crippen MR) is 91.8 cm³/mol. The third-order valence-corrected chi connectivity index (χ3v) is 5.00. The summed E-state index contributed by atoms with van der Waals surface area (Å²) in [4.78, 5) is 32.1. The molecule has 5 nitrogen and oxygen atoms in total. The normalized spacial score (nSPS) is 10.9. The number of amides is 1. The highest BCUT2D eigenvalue weighted by Gasteiger charge is 2.21. The summed E-state index contributed by atoms with van der Waals surface area (Å²) in [7, 11) is 3.43. The average molecular weight is 327 g/mol. The molecule has 0 bridgehead atoms. The first-order valence-corrected chi connectivity index (χ1v) is 8.05. The van der Waals surface area contributed by atoms with E-state index in [-0.39, 0.29) is 11.5 Å². The SMILES string of the molecule is Cc1c(C(=O)N(C)Cc2ccccc2)sc2ncn(C)c(=O)c12. The van der Waals surface area contributed by atoms with E-state index in [0.29, 0.717) is 27.2 Å². The summed E-state index contributed by atoms with van der Waals surface area (Å²) in [6.07, 6.45) is 1.49. The summed E-state index contributed by atoms with van der Waals surface area (Å²) in [6.45, 7) is 2.34. The molecule has 3 rings (SSSR count). The van der Waals surface area contributed by atoms with Gasteiger partial charge in [0.1, 0.15) is 4.83 Å². The second-order valence-electron chi connectivity index (χ2n) is 5.54. The zero-order valence-corrected chi connectivity index (χ0v) is 14.1. The molecule has 0 saturated heterocycles. The molecule has 0 N–H and O–H groups in total. The van der Waals surface area contributed by atoms with Crippen molar-refractivity contribution in [3.63, 3.8) is 0 Å². The van der Waals surface area contributed by atoms with Crippen LogP contribution in [0, 0.1) is 6.92 Å². The van der Waals surface area contributed by atoms with Crippen molar-refractivity contribution in [1.82, 2.24) is 14.5 Å². The number of benzene rings is 1. The van der Waals surface area contributed by atoms with Crippen molar-refractivity contribution in [3.05, 3.63) is 63.0 Å². The van der Waals surface area contributed by atoms with Crippen molar-refractivity contribution in [3.8, 4) is 0 Å². The van der Waals surface area contributed by atoms with Gasteiger partial charge in [0.05, 0.1) is 16.6 Å². The van der Waals surface area contributed by atoms with Gasteiger partial charge in [0.2, 0.25) is 0 Å². The Morgan fingerprint density at radius 1 is 1.30 bits per heavy atom. The van der Waals surface area contributed by atoms with Crippen LogP contribution in [0.15, 0.2) is 41.5 Å². The summed E-state index contributed by atoms with van der Waals surface area (Å²) in [5.41, 5.74) is 1.66. The Hall–Kier alpha value is -2.47. The Kier molecular flexibility index (Phi) is 4.00. The number of carbonyl (C=O) groups is 1. The van der Waals surface area contributed by atoms with Crippen molar-refractivity contribution in [2.75, 3.05) is 7.05 Å². The van der Waals surface area contributed by atoms with E-state index < -0.39 is 0 Å². The van der Waals surface area contributed by atoms with Gasteiger partial charge in [-0.25, -0.2) is 4.98 Å². The monoisotopic (exact) mass is 327 g/mol. The zero-order valence-electron chi connectivity index (χ0n) is 13.2. The van der Waals surface area contributed by atoms with Crippen LogP contribution in [0.3, 0.4) is 0 Å². The van der Waals surface area contributed by atoms with Crippen molar-refractivity contribution in [2.45, 2.75) is 13.5 Å². The first kappa shape index (κ1) is 15.4. The molecule has 2 aromatic heterocycles. The largest absolute Gasteiger partial charge is 0.337 e. The minimum Gasteiger partial charge on any atom is -0.337 e. The lowest BCUT2D eigenvalue weighted by molar-refractivity contribution is 0.0789. The summed E-state index contributed by atoms with van der Waals surface area (Å²) in [5, 5.41) is 0.538. The van der Waals surface area contributed by atoms with E-state index >= 15 is 0 Å². The third kappa shape index (κ3) is 2.77. The molecule has 1 amide bonds. The van der Waals surface area contributed by atoms with E-state index in [0.717, 1.165) is 5.56 Å². The Balaban J connectivity index is 1.96. The van der Waals surface area contributed by atoms with Gasteiger partial charge in [-0.05, 0) is 18.1 Å². The second kappa shape index (κ2) is 5.96. The van der Waals surface area contributed by atoms with Gasteiger partial charge < -0.3 is 9.47 Å². The van der Waals surface area contributed by atoms with E-state index in [1.54, 1.807) is 19.0 Å². The molecule has 0 saturated carbocycles. The summed E-state index contributed by atoms with van der Waals surface area (Å²) in [5.74, 6) is -0.0867. The molecule has 0 aliphatic carbocycles. The topological polar surface area (TPSA) is 55.2 Å². The van der Waals surface area contributed by atoms with Gasteiger partial charge in [-0.15, -0.1) is 11.3 Å². The van der Waals surface area contributed by atoms with Gasteiger partial charge in [0.25, 0.3) is 11.5 Å². The number of thiophene rings is 1. The highest BCUT2D eigenvalue weighted by Crippen LogP contribution is 2.28. The highest BCUT2D eigenvalue weighted by atomic mass is 32.1. The summed E-state index contributed by atoms with van der Waals surface area (Å²) >= 11 is 1.28. The lowest BCUT2D eigenvalue weighted by Gasteiger charge is -2.16. The molecule has 2 heterocycles. The fraction of sp³-hybridized carbons (Fsp3) is 0.235. The van der Waals surface area contributed by atoms with Crippen LogP contribution in [0.2, 0.25) is 0 Å². The molecule has 118 valence electrons. The van der Waals surface area contributed by atoms with Crippen molar-refractivity contribution >= 4 is 27.5 Å². The van der Waals surface area contributed by atoms with Gasteiger partial charge >= 0.3 is 0 Å². The molecule has 3 aromatic rings. The van der Waals surface area contributed by atoms with Crippen molar-refractivity contribution in [2.24, 2.45) is 7.05 Å². The molecule has 0 atom stereocenters. The Morgan fingerprint density at radius 3 is 2.70 bits per heavy atom. The van der Waals surface area contributed by atoms with Crippen LogP contribution in [0.5, 0.6) is 0 Å². The molecule has 0 radical (unpaired) electrons. The number of hydrogen-bond acceptors (Lipinski definition) is 4. The van der Waals surface area contributed by atoms with Gasteiger partial charge in [-0.1, -0.05) is 30.3 Å². The number of hydrogen-bond donors (Lipinski definition) is 0. The predicted octanol–water partition coefficient (Wildman–Crippen LogP) is 2.58. The smallest absolute Gasteiger partial charge is 0.264 e. The minimum absolute atomic E-state index is 0.0867. The average Bonchev–Trinajstić information content (AvgIpc) is 2.88. The summed E-state index contributed by atoms with van der Waals surface area (Å²) in [6, 6.07) is 9.82. The fourth-order valence-electron chi connectivity index (χ4n) is 2.52. The van der Waals surface area contributed by atoms with Crippen LogP contribution < -0.4 is 5.56 Å². The van der Waals surface area contributed by atoms with E-state index in [2.05, 4.69) is 4.98 Å². The fourth-order valence-corrected chi connectivity index (χ4v) is 3.65. The maximum Gasteiger partial charge on any atom is 0.264 e. The van der Waals surface area contributed by atoms with E-state index in [1.165, 1.54) is 22.2 Å². The minimum atomic E-state index is -0.117. The number of fused-ring (bicyclic) bond motifs is 1. The molecule has 0 aliphatic heterocycles. The molecule has 1 aromatic carbocycles. The molecular formula is C17H17N3O2S. The van der Waals surface area contributed by atoms with Gasteiger partial charge in [0.15, 0.2) is 0 Å². The Labute approximate surface area is 137 Å². The van der Waals surface area contributed by atoms with Crippen LogP contribution in [0.4, 0.5) is 0 Å². The van der Waals surface area contributed by atoms with Gasteiger partial charge in [-0.2, -0.15) is 0 Å². The van der Waals surface area contributed by atoms with E-state index in [4.69, 9.17) is 0 Å². The van der Waals surface area contributed by atoms with Crippen LogP contribution in [-0.4, -0.2) is 27.4 Å². The quantitative estimate of drug-likeness (QED) is 0.743. The zero-order chi connectivity index (χ0) is 16.6. The maximum absolute atomic E-state index is 12.7. The molecular weight excluding hydrogens is 310 g/mol. The summed E-state index contributed by atoms with van der Waals surface area (Å²) < 4.78 is 1.43. The first-order valence-electron chi connectivity index (χ1n) is 7.23. The third-order valence-electron chi connectivity index (χ3n) is 3.81. The van der Waals surface area contributed by atoms with Crippen LogP contribution in [0.1, 0.15) is 20.8 Å². The van der Waals surface area contributed by atoms with E-state index in [9.17, 15) is 9.59 Å². The Morgan fingerprint density at radius 2 is 2.00 bits per heavy atom. The number of nitrogens with zero attached hydrogens (tertiary/aromatic N) is 3. The lowest BCUT2D eigenvalue weighted by Crippen LogP contribution is -2.26. The number of rotatable bonds is 3. The van der Waals surface area contributed by atoms with Gasteiger partial charge in [0, 0.05) is 20.6 Å². The number of aromatic nitrogens is 2. The maximum atomic E-state index is 12.7. The van der Waals surface area contributed by atoms with Crippen molar-refractivity contribution < 1.29 is 4.79 Å². The van der Waals surface area contributed by atoms with Crippen LogP contribution in [0.25, 0.3) is 10.2 Å². The Bertz CT molecular complexity index is 928. The molecule has 0 aliphatic rings. The molecule has 0 fully saturated rings. The van der Waals surface area contributed by atoms with Gasteiger partial charge in [-0.3, -0.25) is 9.59 Å². The second-order valence-corrected chi connectivity index (χ2v) is 6.54. The first-order chi connectivity index (χ1) is 11.0. The van der Waals surface area contributed by atoms with Crippen LogP contribution >= 0.6 is 11.3 Å². The molecule has 0 unspecified atom stereocenters. The molecule has 6 heteroatoms. The van der Waals surface area contributed by atoms with Crippen molar-refractivity contribution in [1.29, 1.82) is 0 Å². The number of carbonyl (C=O) groups excluding carboxylic acids is 1. The molecule has 0 spiro atoms. The molecule has 23 heavy (non-hydrogen) atoms. The highest BCUT2D eigenvalue weighted by molar-refractivity contribution is 7.20. The van der Waals surface area contributed by atoms with E-state index in [1.807, 2.05) is 37.3 Å². The lowest BCUT2D eigenvalue weighted by atomic mass is 10.2.